The van der Waals surface area contributed by atoms with Crippen molar-refractivity contribution in [1.82, 2.24) is 15.5 Å². The van der Waals surface area contributed by atoms with Crippen molar-refractivity contribution in [3.8, 4) is 17.2 Å². The summed E-state index contributed by atoms with van der Waals surface area (Å²) in [6, 6.07) is 3.67. The van der Waals surface area contributed by atoms with Gasteiger partial charge in [0.05, 0.1) is 34.4 Å². The zero-order valence-electron chi connectivity index (χ0n) is 16.5. The van der Waals surface area contributed by atoms with E-state index in [0.29, 0.717) is 36.3 Å². The smallest absolute Gasteiger partial charge is 0.241 e. The average molecular weight is 492 g/mol. The fraction of sp³-hybridized carbons (Fsp3) is 0.444. The van der Waals surface area contributed by atoms with Crippen LogP contribution in [0.1, 0.15) is 5.56 Å². The first-order chi connectivity index (χ1) is 12.5. The Balaban J connectivity index is 0.00000676. The molecule has 152 valence electrons. The molecular formula is C18H29IN4O4. The van der Waals surface area contributed by atoms with Crippen LogP contribution in [0, 0.1) is 0 Å². The van der Waals surface area contributed by atoms with Crippen molar-refractivity contribution in [1.29, 1.82) is 0 Å². The quantitative estimate of drug-likeness (QED) is 0.236. The number of hydrogen-bond donors (Lipinski definition) is 2. The molecule has 0 radical (unpaired) electrons. The fourth-order valence-electron chi connectivity index (χ4n) is 2.06. The maximum absolute atomic E-state index is 11.7. The maximum Gasteiger partial charge on any atom is 0.241 e. The van der Waals surface area contributed by atoms with Gasteiger partial charge < -0.3 is 29.7 Å². The molecule has 0 aromatic heterocycles. The average Bonchev–Trinajstić information content (AvgIpc) is 2.65. The lowest BCUT2D eigenvalue weighted by atomic mass is 10.2. The number of carbonyl (C=O) groups is 1. The third-order valence-electron chi connectivity index (χ3n) is 3.46. The summed E-state index contributed by atoms with van der Waals surface area (Å²) in [5.74, 6) is 2.11. The zero-order chi connectivity index (χ0) is 19.5. The predicted octanol–water partition coefficient (Wildman–Crippen LogP) is 1.64. The monoisotopic (exact) mass is 492 g/mol. The Hall–Kier alpha value is -2.17. The summed E-state index contributed by atoms with van der Waals surface area (Å²) < 4.78 is 16.0. The molecule has 2 N–H and O–H groups in total. The number of carbonyl (C=O) groups excluding carboxylic acids is 1. The Morgan fingerprint density at radius 2 is 1.74 bits per heavy atom. The molecule has 0 aliphatic carbocycles. The van der Waals surface area contributed by atoms with Gasteiger partial charge in [0.15, 0.2) is 17.5 Å². The molecule has 1 amide bonds. The van der Waals surface area contributed by atoms with E-state index < -0.39 is 0 Å². The van der Waals surface area contributed by atoms with Crippen molar-refractivity contribution < 1.29 is 19.0 Å². The van der Waals surface area contributed by atoms with E-state index in [2.05, 4.69) is 22.2 Å². The minimum atomic E-state index is -0.0501. The van der Waals surface area contributed by atoms with E-state index in [1.165, 1.54) is 4.90 Å². The van der Waals surface area contributed by atoms with Crippen molar-refractivity contribution in [3.05, 3.63) is 30.4 Å². The number of benzene rings is 1. The van der Waals surface area contributed by atoms with E-state index in [1.54, 1.807) is 41.5 Å². The molecule has 0 saturated heterocycles. The number of rotatable bonds is 9. The SMILES string of the molecule is C=CCNC(=NCc1cc(OC)c(OC)c(OC)c1)NCC(=O)N(C)C.I. The summed E-state index contributed by atoms with van der Waals surface area (Å²) in [6.45, 7) is 4.70. The van der Waals surface area contributed by atoms with Gasteiger partial charge in [-0.2, -0.15) is 0 Å². The van der Waals surface area contributed by atoms with Gasteiger partial charge in [0.1, 0.15) is 0 Å². The van der Waals surface area contributed by atoms with Gasteiger partial charge in [0, 0.05) is 20.6 Å². The van der Waals surface area contributed by atoms with E-state index >= 15 is 0 Å². The first-order valence-corrected chi connectivity index (χ1v) is 8.08. The summed E-state index contributed by atoms with van der Waals surface area (Å²) >= 11 is 0. The van der Waals surface area contributed by atoms with Crippen LogP contribution in [0.2, 0.25) is 0 Å². The Bertz CT molecular complexity index is 625. The highest BCUT2D eigenvalue weighted by Gasteiger charge is 2.13. The second kappa shape index (κ2) is 13.1. The number of aliphatic imine (C=N–C) groups is 1. The van der Waals surface area contributed by atoms with E-state index in [4.69, 9.17) is 14.2 Å². The molecule has 0 fully saturated rings. The molecule has 0 aliphatic heterocycles. The van der Waals surface area contributed by atoms with Crippen molar-refractivity contribution in [2.24, 2.45) is 4.99 Å². The first kappa shape index (κ1) is 24.8. The molecule has 1 aromatic rings. The number of nitrogens with one attached hydrogen (secondary N) is 2. The molecule has 0 bridgehead atoms. The molecule has 0 aliphatic rings. The first-order valence-electron chi connectivity index (χ1n) is 8.08. The molecule has 0 saturated carbocycles. The Labute approximate surface area is 178 Å². The number of halogens is 1. The Kier molecular flexibility index (Phi) is 12.0. The lowest BCUT2D eigenvalue weighted by molar-refractivity contribution is -0.127. The van der Waals surface area contributed by atoms with Crippen molar-refractivity contribution >= 4 is 35.8 Å². The normalized spacial score (nSPS) is 10.3. The lowest BCUT2D eigenvalue weighted by Crippen LogP contribution is -2.43. The number of ether oxygens (including phenoxy) is 3. The minimum absolute atomic E-state index is 0. The van der Waals surface area contributed by atoms with Crippen molar-refractivity contribution in [3.63, 3.8) is 0 Å². The number of nitrogens with zero attached hydrogens (tertiary/aromatic N) is 2. The summed E-state index contributed by atoms with van der Waals surface area (Å²) in [7, 11) is 8.09. The molecule has 0 heterocycles. The highest BCUT2D eigenvalue weighted by Crippen LogP contribution is 2.38. The van der Waals surface area contributed by atoms with Gasteiger partial charge in [-0.1, -0.05) is 6.08 Å². The molecular weight excluding hydrogens is 463 g/mol. The lowest BCUT2D eigenvalue weighted by Gasteiger charge is -2.15. The maximum atomic E-state index is 11.7. The molecule has 0 atom stereocenters. The van der Waals surface area contributed by atoms with Gasteiger partial charge in [-0.05, 0) is 17.7 Å². The highest BCUT2D eigenvalue weighted by atomic mass is 127. The number of guanidine groups is 1. The van der Waals surface area contributed by atoms with Gasteiger partial charge in [-0.25, -0.2) is 4.99 Å². The number of likely N-dealkylation sites (N-methyl/N-ethyl adjacent to an activating group) is 1. The second-order valence-corrected chi connectivity index (χ2v) is 5.51. The van der Waals surface area contributed by atoms with E-state index in [0.717, 1.165) is 5.56 Å². The second-order valence-electron chi connectivity index (χ2n) is 5.51. The Morgan fingerprint density at radius 1 is 1.15 bits per heavy atom. The molecule has 0 spiro atoms. The summed E-state index contributed by atoms with van der Waals surface area (Å²) in [4.78, 5) is 17.8. The van der Waals surface area contributed by atoms with Crippen LogP contribution < -0.4 is 24.8 Å². The van der Waals surface area contributed by atoms with Crippen LogP contribution in [-0.2, 0) is 11.3 Å². The van der Waals surface area contributed by atoms with Gasteiger partial charge in [-0.3, -0.25) is 4.79 Å². The fourth-order valence-corrected chi connectivity index (χ4v) is 2.06. The zero-order valence-corrected chi connectivity index (χ0v) is 18.8. The molecule has 8 nitrogen and oxygen atoms in total. The minimum Gasteiger partial charge on any atom is -0.493 e. The van der Waals surface area contributed by atoms with Crippen LogP contribution in [0.3, 0.4) is 0 Å². The van der Waals surface area contributed by atoms with Crippen LogP contribution in [0.15, 0.2) is 29.8 Å². The van der Waals surface area contributed by atoms with E-state index in [-0.39, 0.29) is 36.4 Å². The van der Waals surface area contributed by atoms with Crippen molar-refractivity contribution in [2.45, 2.75) is 6.54 Å². The molecule has 0 unspecified atom stereocenters. The third-order valence-corrected chi connectivity index (χ3v) is 3.46. The van der Waals surface area contributed by atoms with Crippen LogP contribution in [-0.4, -0.2) is 65.3 Å². The van der Waals surface area contributed by atoms with Gasteiger partial charge >= 0.3 is 0 Å². The topological polar surface area (TPSA) is 84.4 Å². The molecule has 1 rings (SSSR count). The summed E-state index contributed by atoms with van der Waals surface area (Å²) in [6.07, 6.45) is 1.71. The van der Waals surface area contributed by atoms with Gasteiger partial charge in [0.2, 0.25) is 11.7 Å². The van der Waals surface area contributed by atoms with Crippen LogP contribution >= 0.6 is 24.0 Å². The van der Waals surface area contributed by atoms with Crippen molar-refractivity contribution in [2.75, 3.05) is 48.5 Å². The largest absolute Gasteiger partial charge is 0.493 e. The van der Waals surface area contributed by atoms with Gasteiger partial charge in [0.25, 0.3) is 0 Å². The number of hydrogen-bond acceptors (Lipinski definition) is 5. The third kappa shape index (κ3) is 7.94. The summed E-state index contributed by atoms with van der Waals surface area (Å²) in [5.41, 5.74) is 0.873. The van der Waals surface area contributed by atoms with E-state index in [9.17, 15) is 4.79 Å². The number of amides is 1. The molecule has 27 heavy (non-hydrogen) atoms. The van der Waals surface area contributed by atoms with E-state index in [1.807, 2.05) is 12.1 Å². The van der Waals surface area contributed by atoms with Crippen LogP contribution in [0.4, 0.5) is 0 Å². The number of methoxy groups -OCH3 is 3. The summed E-state index contributed by atoms with van der Waals surface area (Å²) in [5, 5.41) is 6.07. The Morgan fingerprint density at radius 3 is 2.19 bits per heavy atom. The molecule has 1 aromatic carbocycles. The predicted molar refractivity (Wildman–Crippen MR) is 118 cm³/mol. The highest BCUT2D eigenvalue weighted by molar-refractivity contribution is 14.0. The molecule has 9 heteroatoms. The van der Waals surface area contributed by atoms with Crippen LogP contribution in [0.5, 0.6) is 17.2 Å². The standard InChI is InChI=1S/C18H28N4O4.HI/c1-7-8-19-18(21-12-16(23)22(2)3)20-11-13-9-14(24-4)17(26-6)15(10-13)25-5;/h7,9-10H,1,8,11-12H2,2-6H3,(H2,19,20,21);1H. The van der Waals surface area contributed by atoms with Gasteiger partial charge in [-0.15, -0.1) is 30.6 Å². The van der Waals surface area contributed by atoms with Crippen LogP contribution in [0.25, 0.3) is 0 Å².